The molecule has 1 saturated heterocycles. The van der Waals surface area contributed by atoms with E-state index in [2.05, 4.69) is 20.7 Å². The van der Waals surface area contributed by atoms with Gasteiger partial charge in [0.25, 0.3) is 0 Å². The van der Waals surface area contributed by atoms with Crippen LogP contribution in [0.3, 0.4) is 0 Å². The second-order valence-electron chi connectivity index (χ2n) is 4.40. The molecule has 0 saturated carbocycles. The number of hydrogen-bond acceptors (Lipinski definition) is 5. The Bertz CT molecular complexity index is 426. The third-order valence-corrected chi connectivity index (χ3v) is 3.10. The first kappa shape index (κ1) is 13.5. The van der Waals surface area contributed by atoms with Crippen molar-refractivity contribution >= 4 is 11.8 Å². The SMILES string of the molecule is CC(C(=O)NCC(=O)N1CCNCC1)n1cncn1. The van der Waals surface area contributed by atoms with Gasteiger partial charge < -0.3 is 15.5 Å². The standard InChI is InChI=1S/C11H18N6O2/c1-9(17-8-13-7-15-17)11(19)14-6-10(18)16-4-2-12-3-5-16/h7-9,12H,2-6H2,1H3,(H,14,19). The Balaban J connectivity index is 1.78. The highest BCUT2D eigenvalue weighted by Gasteiger charge is 2.19. The third-order valence-electron chi connectivity index (χ3n) is 3.10. The zero-order valence-corrected chi connectivity index (χ0v) is 10.9. The number of aromatic nitrogens is 3. The number of amides is 2. The highest BCUT2D eigenvalue weighted by atomic mass is 16.2. The average molecular weight is 266 g/mol. The summed E-state index contributed by atoms with van der Waals surface area (Å²) in [4.78, 5) is 29.2. The minimum Gasteiger partial charge on any atom is -0.345 e. The summed E-state index contributed by atoms with van der Waals surface area (Å²) >= 11 is 0. The lowest BCUT2D eigenvalue weighted by Crippen LogP contribution is -2.50. The van der Waals surface area contributed by atoms with E-state index in [4.69, 9.17) is 0 Å². The highest BCUT2D eigenvalue weighted by molar-refractivity contribution is 5.86. The van der Waals surface area contributed by atoms with E-state index >= 15 is 0 Å². The molecule has 2 heterocycles. The Hall–Kier alpha value is -1.96. The van der Waals surface area contributed by atoms with Crippen molar-refractivity contribution in [2.45, 2.75) is 13.0 Å². The second kappa shape index (κ2) is 6.28. The van der Waals surface area contributed by atoms with Gasteiger partial charge in [-0.1, -0.05) is 0 Å². The molecule has 1 atom stereocenters. The molecule has 2 N–H and O–H groups in total. The van der Waals surface area contributed by atoms with Crippen LogP contribution in [0, 0.1) is 0 Å². The van der Waals surface area contributed by atoms with Gasteiger partial charge in [0.1, 0.15) is 18.7 Å². The van der Waals surface area contributed by atoms with Crippen LogP contribution < -0.4 is 10.6 Å². The van der Waals surface area contributed by atoms with Crippen LogP contribution in [0.1, 0.15) is 13.0 Å². The predicted molar refractivity (Wildman–Crippen MR) is 67.2 cm³/mol. The number of carbonyl (C=O) groups is 2. The summed E-state index contributed by atoms with van der Waals surface area (Å²) in [6.07, 6.45) is 2.85. The fraction of sp³-hybridized carbons (Fsp3) is 0.636. The van der Waals surface area contributed by atoms with Gasteiger partial charge in [-0.25, -0.2) is 9.67 Å². The first-order valence-electron chi connectivity index (χ1n) is 6.29. The molecule has 8 nitrogen and oxygen atoms in total. The van der Waals surface area contributed by atoms with Gasteiger partial charge in [0, 0.05) is 26.2 Å². The van der Waals surface area contributed by atoms with Gasteiger partial charge in [0.05, 0.1) is 6.54 Å². The monoisotopic (exact) mass is 266 g/mol. The van der Waals surface area contributed by atoms with Gasteiger partial charge in [-0.05, 0) is 6.92 Å². The molecule has 0 aromatic carbocycles. The van der Waals surface area contributed by atoms with E-state index in [0.717, 1.165) is 13.1 Å². The smallest absolute Gasteiger partial charge is 0.245 e. The number of nitrogens with one attached hydrogen (secondary N) is 2. The lowest BCUT2D eigenvalue weighted by atomic mass is 10.3. The van der Waals surface area contributed by atoms with Crippen LogP contribution >= 0.6 is 0 Å². The molecule has 0 bridgehead atoms. The van der Waals surface area contributed by atoms with Crippen molar-refractivity contribution in [1.29, 1.82) is 0 Å². The van der Waals surface area contributed by atoms with Crippen LogP contribution in [0.4, 0.5) is 0 Å². The van der Waals surface area contributed by atoms with E-state index in [1.165, 1.54) is 17.3 Å². The molecule has 1 aromatic heterocycles. The normalized spacial score (nSPS) is 17.0. The minimum atomic E-state index is -0.474. The molecule has 1 fully saturated rings. The van der Waals surface area contributed by atoms with E-state index in [9.17, 15) is 9.59 Å². The van der Waals surface area contributed by atoms with Gasteiger partial charge in [-0.2, -0.15) is 5.10 Å². The van der Waals surface area contributed by atoms with Crippen LogP contribution in [0.25, 0.3) is 0 Å². The maximum atomic E-state index is 11.9. The molecule has 2 amide bonds. The molecule has 1 aromatic rings. The van der Waals surface area contributed by atoms with E-state index in [1.807, 2.05) is 0 Å². The van der Waals surface area contributed by atoms with E-state index in [-0.39, 0.29) is 18.4 Å². The summed E-state index contributed by atoms with van der Waals surface area (Å²) in [6.45, 7) is 4.71. The fourth-order valence-electron chi connectivity index (χ4n) is 1.87. The van der Waals surface area contributed by atoms with E-state index < -0.39 is 6.04 Å². The van der Waals surface area contributed by atoms with Crippen LogP contribution in [-0.4, -0.2) is 64.2 Å². The summed E-state index contributed by atoms with van der Waals surface area (Å²) in [7, 11) is 0. The number of hydrogen-bond donors (Lipinski definition) is 2. The van der Waals surface area contributed by atoms with Gasteiger partial charge in [-0.3, -0.25) is 9.59 Å². The summed E-state index contributed by atoms with van der Waals surface area (Å²) in [5.74, 6) is -0.297. The summed E-state index contributed by atoms with van der Waals surface area (Å²) in [5, 5.41) is 9.70. The van der Waals surface area contributed by atoms with Gasteiger partial charge in [0.2, 0.25) is 11.8 Å². The number of nitrogens with zero attached hydrogens (tertiary/aromatic N) is 4. The molecular formula is C11H18N6O2. The highest BCUT2D eigenvalue weighted by Crippen LogP contribution is 2.01. The topological polar surface area (TPSA) is 92.2 Å². The molecule has 19 heavy (non-hydrogen) atoms. The summed E-state index contributed by atoms with van der Waals surface area (Å²) in [5.41, 5.74) is 0. The van der Waals surface area contributed by atoms with Crippen LogP contribution in [-0.2, 0) is 9.59 Å². The van der Waals surface area contributed by atoms with Crippen molar-refractivity contribution in [2.75, 3.05) is 32.7 Å². The number of piperazine rings is 1. The van der Waals surface area contributed by atoms with Crippen molar-refractivity contribution in [1.82, 2.24) is 30.3 Å². The quantitative estimate of drug-likeness (QED) is 0.684. The average Bonchev–Trinajstić information content (AvgIpc) is 2.98. The molecule has 2 rings (SSSR count). The van der Waals surface area contributed by atoms with Gasteiger partial charge in [0.15, 0.2) is 0 Å². The van der Waals surface area contributed by atoms with Crippen molar-refractivity contribution in [3.05, 3.63) is 12.7 Å². The molecule has 1 aliphatic heterocycles. The maximum absolute atomic E-state index is 11.9. The molecule has 0 radical (unpaired) electrons. The Kier molecular flexibility index (Phi) is 4.45. The molecular weight excluding hydrogens is 248 g/mol. The first-order valence-corrected chi connectivity index (χ1v) is 6.29. The van der Waals surface area contributed by atoms with Crippen molar-refractivity contribution in [2.24, 2.45) is 0 Å². The Morgan fingerprint density at radius 2 is 2.16 bits per heavy atom. The Morgan fingerprint density at radius 1 is 1.42 bits per heavy atom. The molecule has 0 spiro atoms. The predicted octanol–water partition coefficient (Wildman–Crippen LogP) is -1.61. The molecule has 8 heteroatoms. The fourth-order valence-corrected chi connectivity index (χ4v) is 1.87. The largest absolute Gasteiger partial charge is 0.345 e. The lowest BCUT2D eigenvalue weighted by molar-refractivity contribution is -0.134. The van der Waals surface area contributed by atoms with Crippen molar-refractivity contribution < 1.29 is 9.59 Å². The summed E-state index contributed by atoms with van der Waals surface area (Å²) < 4.78 is 1.45. The summed E-state index contributed by atoms with van der Waals surface area (Å²) in [6, 6.07) is -0.474. The van der Waals surface area contributed by atoms with Crippen molar-refractivity contribution in [3.63, 3.8) is 0 Å². The zero-order chi connectivity index (χ0) is 13.7. The molecule has 104 valence electrons. The Morgan fingerprint density at radius 3 is 2.79 bits per heavy atom. The van der Waals surface area contributed by atoms with Gasteiger partial charge in [-0.15, -0.1) is 0 Å². The maximum Gasteiger partial charge on any atom is 0.245 e. The Labute approximate surface area is 111 Å². The molecule has 0 aliphatic carbocycles. The van der Waals surface area contributed by atoms with E-state index in [0.29, 0.717) is 13.1 Å². The van der Waals surface area contributed by atoms with Crippen LogP contribution in [0.2, 0.25) is 0 Å². The van der Waals surface area contributed by atoms with Crippen molar-refractivity contribution in [3.8, 4) is 0 Å². The number of rotatable bonds is 4. The zero-order valence-electron chi connectivity index (χ0n) is 10.9. The second-order valence-corrected chi connectivity index (χ2v) is 4.40. The first-order chi connectivity index (χ1) is 9.18. The number of carbonyl (C=O) groups excluding carboxylic acids is 2. The lowest BCUT2D eigenvalue weighted by Gasteiger charge is -2.27. The molecule has 1 aliphatic rings. The molecule has 1 unspecified atom stereocenters. The van der Waals surface area contributed by atoms with Crippen LogP contribution in [0.15, 0.2) is 12.7 Å². The third kappa shape index (κ3) is 3.50. The van der Waals surface area contributed by atoms with Gasteiger partial charge >= 0.3 is 0 Å². The van der Waals surface area contributed by atoms with Crippen LogP contribution in [0.5, 0.6) is 0 Å². The van der Waals surface area contributed by atoms with E-state index in [1.54, 1.807) is 11.8 Å². The minimum absolute atomic E-state index is 0.0257.